The van der Waals surface area contributed by atoms with Crippen LogP contribution >= 0.6 is 0 Å². The van der Waals surface area contributed by atoms with Crippen molar-refractivity contribution in [2.75, 3.05) is 23.5 Å². The first-order valence-corrected chi connectivity index (χ1v) is 7.72. The lowest BCUT2D eigenvalue weighted by Crippen LogP contribution is -2.45. The smallest absolute Gasteiger partial charge is 0.251 e. The van der Waals surface area contributed by atoms with Crippen LogP contribution in [0.3, 0.4) is 0 Å². The zero-order valence-corrected chi connectivity index (χ0v) is 13.3. The summed E-state index contributed by atoms with van der Waals surface area (Å²) in [6.45, 7) is 0.442. The molecule has 1 atom stereocenters. The van der Waals surface area contributed by atoms with Crippen LogP contribution in [-0.4, -0.2) is 25.4 Å². The first-order chi connectivity index (χ1) is 11.6. The number of hydrogen-bond donors (Lipinski definition) is 1. The summed E-state index contributed by atoms with van der Waals surface area (Å²) in [5.41, 5.74) is 4.17. The highest BCUT2D eigenvalue weighted by Crippen LogP contribution is 2.25. The minimum Gasteiger partial charge on any atom is -0.312 e. The van der Waals surface area contributed by atoms with Crippen molar-refractivity contribution in [1.29, 1.82) is 0 Å². The normalized spacial score (nSPS) is 17.0. The van der Waals surface area contributed by atoms with Crippen LogP contribution in [0.1, 0.15) is 6.42 Å². The van der Waals surface area contributed by atoms with E-state index in [0.717, 1.165) is 5.69 Å². The van der Waals surface area contributed by atoms with Crippen LogP contribution in [0, 0.1) is 11.7 Å². The number of nitrogens with one attached hydrogen (secondary N) is 1. The summed E-state index contributed by atoms with van der Waals surface area (Å²) >= 11 is 0. The molecule has 0 saturated carbocycles. The fourth-order valence-corrected chi connectivity index (χ4v) is 2.76. The van der Waals surface area contributed by atoms with Crippen molar-refractivity contribution >= 4 is 23.2 Å². The Morgan fingerprint density at radius 3 is 2.50 bits per heavy atom. The minimum absolute atomic E-state index is 0.263. The zero-order valence-electron chi connectivity index (χ0n) is 13.3. The Bertz CT molecular complexity index is 734. The van der Waals surface area contributed by atoms with Crippen molar-refractivity contribution in [2.45, 2.75) is 6.42 Å². The molecule has 6 heteroatoms. The average molecular weight is 327 g/mol. The summed E-state index contributed by atoms with van der Waals surface area (Å²) in [5.74, 6) is -1.69. The van der Waals surface area contributed by atoms with Crippen molar-refractivity contribution in [1.82, 2.24) is 5.43 Å². The number of anilines is 2. The third-order valence-corrected chi connectivity index (χ3v) is 4.08. The van der Waals surface area contributed by atoms with Crippen molar-refractivity contribution in [3.05, 3.63) is 60.4 Å². The topological polar surface area (TPSA) is 52.7 Å². The van der Waals surface area contributed by atoms with E-state index in [0.29, 0.717) is 18.7 Å². The monoisotopic (exact) mass is 327 g/mol. The van der Waals surface area contributed by atoms with Gasteiger partial charge in [0.2, 0.25) is 5.91 Å². The fraction of sp³-hybridized carbons (Fsp3) is 0.222. The van der Waals surface area contributed by atoms with Crippen LogP contribution < -0.4 is 15.3 Å². The highest BCUT2D eigenvalue weighted by Gasteiger charge is 2.38. The molecule has 0 bridgehead atoms. The second kappa shape index (κ2) is 6.70. The number of hydrazine groups is 1. The van der Waals surface area contributed by atoms with E-state index in [1.807, 2.05) is 30.3 Å². The third-order valence-electron chi connectivity index (χ3n) is 4.08. The standard InChI is InChI=1S/C18H18FN3O2/c1-21(14-5-3-2-4-6-14)20-17(23)16-11-12-22(18(16)24)15-9-7-13(19)8-10-15/h2-10,16H,11-12H2,1H3,(H,20,23). The molecule has 0 spiro atoms. The number of amides is 2. The molecule has 0 radical (unpaired) electrons. The maximum atomic E-state index is 13.0. The van der Waals surface area contributed by atoms with Gasteiger partial charge in [-0.3, -0.25) is 20.0 Å². The lowest BCUT2D eigenvalue weighted by Gasteiger charge is -2.22. The van der Waals surface area contributed by atoms with Crippen LogP contribution in [0.4, 0.5) is 15.8 Å². The van der Waals surface area contributed by atoms with Crippen molar-refractivity contribution in [3.63, 3.8) is 0 Å². The van der Waals surface area contributed by atoms with Crippen LogP contribution in [-0.2, 0) is 9.59 Å². The van der Waals surface area contributed by atoms with Gasteiger partial charge in [-0.15, -0.1) is 0 Å². The van der Waals surface area contributed by atoms with Crippen LogP contribution in [0.25, 0.3) is 0 Å². The predicted molar refractivity (Wildman–Crippen MR) is 89.8 cm³/mol. The zero-order chi connectivity index (χ0) is 17.1. The first-order valence-electron chi connectivity index (χ1n) is 7.72. The van der Waals surface area contributed by atoms with E-state index >= 15 is 0 Å². The number of hydrogen-bond acceptors (Lipinski definition) is 3. The first kappa shape index (κ1) is 16.0. The summed E-state index contributed by atoms with van der Waals surface area (Å²) in [6, 6.07) is 15.1. The second-order valence-corrected chi connectivity index (χ2v) is 5.68. The van der Waals surface area contributed by atoms with E-state index in [4.69, 9.17) is 0 Å². The molecule has 0 aliphatic carbocycles. The highest BCUT2D eigenvalue weighted by atomic mass is 19.1. The van der Waals surface area contributed by atoms with Gasteiger partial charge in [-0.2, -0.15) is 0 Å². The van der Waals surface area contributed by atoms with Gasteiger partial charge in [0.05, 0.1) is 5.69 Å². The maximum absolute atomic E-state index is 13.0. The second-order valence-electron chi connectivity index (χ2n) is 5.68. The average Bonchev–Trinajstić information content (AvgIpc) is 2.98. The van der Waals surface area contributed by atoms with E-state index in [-0.39, 0.29) is 17.6 Å². The third kappa shape index (κ3) is 3.22. The Balaban J connectivity index is 1.66. The van der Waals surface area contributed by atoms with Crippen LogP contribution in [0.2, 0.25) is 0 Å². The number of rotatable bonds is 4. The van der Waals surface area contributed by atoms with Gasteiger partial charge in [0, 0.05) is 19.3 Å². The molecule has 3 rings (SSSR count). The molecule has 1 unspecified atom stereocenters. The van der Waals surface area contributed by atoms with Gasteiger partial charge < -0.3 is 4.90 Å². The predicted octanol–water partition coefficient (Wildman–Crippen LogP) is 2.35. The number of para-hydroxylation sites is 1. The minimum atomic E-state index is -0.735. The molecular formula is C18H18FN3O2. The molecule has 2 amide bonds. The Morgan fingerprint density at radius 2 is 1.83 bits per heavy atom. The largest absolute Gasteiger partial charge is 0.312 e. The molecule has 124 valence electrons. The number of carbonyl (C=O) groups excluding carboxylic acids is 2. The van der Waals surface area contributed by atoms with E-state index < -0.39 is 5.92 Å². The van der Waals surface area contributed by atoms with E-state index in [2.05, 4.69) is 5.43 Å². The Kier molecular flexibility index (Phi) is 4.46. The van der Waals surface area contributed by atoms with E-state index in [1.54, 1.807) is 24.2 Å². The summed E-state index contributed by atoms with van der Waals surface area (Å²) in [5, 5.41) is 1.59. The van der Waals surface area contributed by atoms with Crippen molar-refractivity contribution in [3.8, 4) is 0 Å². The van der Waals surface area contributed by atoms with Crippen LogP contribution in [0.5, 0.6) is 0 Å². The van der Waals surface area contributed by atoms with Crippen molar-refractivity contribution in [2.24, 2.45) is 5.92 Å². The molecule has 1 fully saturated rings. The van der Waals surface area contributed by atoms with Gasteiger partial charge in [-0.1, -0.05) is 18.2 Å². The quantitative estimate of drug-likeness (QED) is 0.693. The number of halogens is 1. The number of nitrogens with zero attached hydrogens (tertiary/aromatic N) is 2. The molecule has 1 aliphatic rings. The molecule has 24 heavy (non-hydrogen) atoms. The summed E-state index contributed by atoms with van der Waals surface area (Å²) in [7, 11) is 1.73. The van der Waals surface area contributed by atoms with E-state index in [1.165, 1.54) is 17.0 Å². The molecule has 2 aromatic carbocycles. The van der Waals surface area contributed by atoms with E-state index in [9.17, 15) is 14.0 Å². The molecular weight excluding hydrogens is 309 g/mol. The maximum Gasteiger partial charge on any atom is 0.251 e. The molecule has 5 nitrogen and oxygen atoms in total. The Morgan fingerprint density at radius 1 is 1.17 bits per heavy atom. The molecule has 1 saturated heterocycles. The van der Waals surface area contributed by atoms with Crippen molar-refractivity contribution < 1.29 is 14.0 Å². The van der Waals surface area contributed by atoms with Gasteiger partial charge in [-0.05, 0) is 42.8 Å². The fourth-order valence-electron chi connectivity index (χ4n) is 2.76. The molecule has 1 heterocycles. The molecule has 1 N–H and O–H groups in total. The summed E-state index contributed by atoms with van der Waals surface area (Å²) in [4.78, 5) is 26.4. The van der Waals surface area contributed by atoms with Gasteiger partial charge in [0.1, 0.15) is 11.7 Å². The van der Waals surface area contributed by atoms with Gasteiger partial charge in [-0.25, -0.2) is 4.39 Å². The lowest BCUT2D eigenvalue weighted by atomic mass is 10.1. The number of benzene rings is 2. The summed E-state index contributed by atoms with van der Waals surface area (Å²) in [6.07, 6.45) is 0.435. The van der Waals surface area contributed by atoms with Gasteiger partial charge >= 0.3 is 0 Å². The highest BCUT2D eigenvalue weighted by molar-refractivity contribution is 6.09. The Labute approximate surface area is 139 Å². The molecule has 1 aliphatic heterocycles. The SMILES string of the molecule is CN(NC(=O)C1CCN(c2ccc(F)cc2)C1=O)c1ccccc1. The van der Waals surface area contributed by atoms with Gasteiger partial charge in [0.15, 0.2) is 0 Å². The molecule has 2 aromatic rings. The van der Waals surface area contributed by atoms with Crippen LogP contribution in [0.15, 0.2) is 54.6 Å². The lowest BCUT2D eigenvalue weighted by molar-refractivity contribution is -0.132. The Hall–Kier alpha value is -2.89. The number of carbonyl (C=O) groups is 2. The summed E-state index contributed by atoms with van der Waals surface area (Å²) < 4.78 is 13.0. The molecule has 0 aromatic heterocycles. The van der Waals surface area contributed by atoms with Gasteiger partial charge in [0.25, 0.3) is 5.91 Å².